The molecular formula is C22H28N4O2. The van der Waals surface area contributed by atoms with Crippen LogP contribution in [0, 0.1) is 5.92 Å². The van der Waals surface area contributed by atoms with Gasteiger partial charge in [-0.2, -0.15) is 0 Å². The van der Waals surface area contributed by atoms with Crippen LogP contribution in [0.5, 0.6) is 11.5 Å². The zero-order valence-corrected chi connectivity index (χ0v) is 16.3. The number of carbonyl (C=O) groups excluding carboxylic acids is 1. The number of ether oxygens (including phenoxy) is 1. The standard InChI is InChI=1S/C22H28N4O2/c1-24-22(26-13-7-8-17(16-26)14-21(23)27)25-15-18-9-5-6-12-20(18)28-19-10-3-2-4-11-19/h2-6,9-12,17H,7-8,13-16H2,1H3,(H2,23,27)(H,24,25). The molecule has 0 spiro atoms. The van der Waals surface area contributed by atoms with E-state index in [1.807, 2.05) is 54.6 Å². The molecular weight excluding hydrogens is 352 g/mol. The van der Waals surface area contributed by atoms with Gasteiger partial charge in [0.15, 0.2) is 5.96 Å². The molecule has 3 rings (SSSR count). The van der Waals surface area contributed by atoms with Crippen LogP contribution in [0.4, 0.5) is 0 Å². The molecule has 1 saturated heterocycles. The summed E-state index contributed by atoms with van der Waals surface area (Å²) in [5.41, 5.74) is 6.43. The van der Waals surface area contributed by atoms with Gasteiger partial charge in [-0.25, -0.2) is 0 Å². The minimum atomic E-state index is -0.234. The Kier molecular flexibility index (Phi) is 6.89. The molecule has 6 nitrogen and oxygen atoms in total. The molecule has 1 heterocycles. The lowest BCUT2D eigenvalue weighted by Gasteiger charge is -2.34. The summed E-state index contributed by atoms with van der Waals surface area (Å²) in [4.78, 5) is 17.9. The third-order valence-corrected chi connectivity index (χ3v) is 4.90. The van der Waals surface area contributed by atoms with E-state index in [2.05, 4.69) is 15.2 Å². The Morgan fingerprint density at radius 1 is 1.21 bits per heavy atom. The molecule has 1 unspecified atom stereocenters. The monoisotopic (exact) mass is 380 g/mol. The van der Waals surface area contributed by atoms with Crippen molar-refractivity contribution in [1.82, 2.24) is 10.2 Å². The van der Waals surface area contributed by atoms with Crippen molar-refractivity contribution in [2.45, 2.75) is 25.8 Å². The Morgan fingerprint density at radius 2 is 1.96 bits per heavy atom. The summed E-state index contributed by atoms with van der Waals surface area (Å²) in [6, 6.07) is 17.7. The number of amides is 1. The molecule has 28 heavy (non-hydrogen) atoms. The van der Waals surface area contributed by atoms with Gasteiger partial charge in [-0.15, -0.1) is 0 Å². The molecule has 148 valence electrons. The van der Waals surface area contributed by atoms with Gasteiger partial charge in [0.25, 0.3) is 0 Å². The first kappa shape index (κ1) is 19.7. The van der Waals surface area contributed by atoms with Crippen molar-refractivity contribution in [3.8, 4) is 11.5 Å². The Balaban J connectivity index is 1.63. The summed E-state index contributed by atoms with van der Waals surface area (Å²) >= 11 is 0. The SMILES string of the molecule is CN=C(NCc1ccccc1Oc1ccccc1)N1CCCC(CC(N)=O)C1. The van der Waals surface area contributed by atoms with Crippen LogP contribution in [-0.4, -0.2) is 36.9 Å². The van der Waals surface area contributed by atoms with Gasteiger partial charge in [-0.1, -0.05) is 36.4 Å². The van der Waals surface area contributed by atoms with Crippen molar-refractivity contribution in [2.24, 2.45) is 16.6 Å². The lowest BCUT2D eigenvalue weighted by Crippen LogP contribution is -2.46. The molecule has 3 N–H and O–H groups in total. The van der Waals surface area contributed by atoms with E-state index in [-0.39, 0.29) is 5.91 Å². The van der Waals surface area contributed by atoms with E-state index < -0.39 is 0 Å². The highest BCUT2D eigenvalue weighted by Crippen LogP contribution is 2.25. The number of aliphatic imine (C=N–C) groups is 1. The van der Waals surface area contributed by atoms with Gasteiger partial charge in [-0.3, -0.25) is 9.79 Å². The average molecular weight is 380 g/mol. The van der Waals surface area contributed by atoms with Gasteiger partial charge in [0.2, 0.25) is 5.91 Å². The highest BCUT2D eigenvalue weighted by atomic mass is 16.5. The zero-order chi connectivity index (χ0) is 19.8. The second-order valence-electron chi connectivity index (χ2n) is 7.05. The van der Waals surface area contributed by atoms with Crippen LogP contribution >= 0.6 is 0 Å². The topological polar surface area (TPSA) is 80.0 Å². The normalized spacial score (nSPS) is 17.2. The number of nitrogens with one attached hydrogen (secondary N) is 1. The third kappa shape index (κ3) is 5.49. The first-order valence-electron chi connectivity index (χ1n) is 9.70. The van der Waals surface area contributed by atoms with E-state index in [9.17, 15) is 4.79 Å². The third-order valence-electron chi connectivity index (χ3n) is 4.90. The summed E-state index contributed by atoms with van der Waals surface area (Å²) in [7, 11) is 1.78. The summed E-state index contributed by atoms with van der Waals surface area (Å²) in [6.07, 6.45) is 2.50. The molecule has 1 aliphatic heterocycles. The maximum absolute atomic E-state index is 11.3. The van der Waals surface area contributed by atoms with Crippen molar-refractivity contribution in [3.63, 3.8) is 0 Å². The maximum Gasteiger partial charge on any atom is 0.217 e. The van der Waals surface area contributed by atoms with E-state index in [0.717, 1.165) is 49.0 Å². The highest BCUT2D eigenvalue weighted by molar-refractivity contribution is 5.80. The van der Waals surface area contributed by atoms with E-state index in [4.69, 9.17) is 10.5 Å². The van der Waals surface area contributed by atoms with Crippen molar-refractivity contribution in [2.75, 3.05) is 20.1 Å². The lowest BCUT2D eigenvalue weighted by molar-refractivity contribution is -0.119. The molecule has 1 amide bonds. The van der Waals surface area contributed by atoms with Crippen LogP contribution in [0.1, 0.15) is 24.8 Å². The van der Waals surface area contributed by atoms with Gasteiger partial charge in [0, 0.05) is 38.7 Å². The number of nitrogens with zero attached hydrogens (tertiary/aromatic N) is 2. The average Bonchev–Trinajstić information content (AvgIpc) is 2.70. The number of likely N-dealkylation sites (tertiary alicyclic amines) is 1. The van der Waals surface area contributed by atoms with Crippen LogP contribution in [-0.2, 0) is 11.3 Å². The van der Waals surface area contributed by atoms with Crippen LogP contribution in [0.15, 0.2) is 59.6 Å². The summed E-state index contributed by atoms with van der Waals surface area (Å²) in [5.74, 6) is 2.52. The lowest BCUT2D eigenvalue weighted by atomic mass is 9.95. The van der Waals surface area contributed by atoms with Crippen molar-refractivity contribution in [3.05, 3.63) is 60.2 Å². The number of hydrogen-bond donors (Lipinski definition) is 2. The summed E-state index contributed by atoms with van der Waals surface area (Å²) < 4.78 is 6.04. The molecule has 1 aliphatic rings. The number of piperidine rings is 1. The predicted octanol–water partition coefficient (Wildman–Crippen LogP) is 3.14. The molecule has 0 aromatic heterocycles. The van der Waals surface area contributed by atoms with E-state index in [0.29, 0.717) is 18.9 Å². The van der Waals surface area contributed by atoms with Crippen LogP contribution in [0.25, 0.3) is 0 Å². The molecule has 2 aromatic carbocycles. The van der Waals surface area contributed by atoms with E-state index >= 15 is 0 Å². The fourth-order valence-corrected chi connectivity index (χ4v) is 3.58. The van der Waals surface area contributed by atoms with Crippen LogP contribution in [0.3, 0.4) is 0 Å². The second-order valence-corrected chi connectivity index (χ2v) is 7.05. The van der Waals surface area contributed by atoms with E-state index in [1.54, 1.807) is 7.05 Å². The van der Waals surface area contributed by atoms with Crippen molar-refractivity contribution < 1.29 is 9.53 Å². The maximum atomic E-state index is 11.3. The number of rotatable bonds is 6. The van der Waals surface area contributed by atoms with Crippen LogP contribution < -0.4 is 15.8 Å². The number of primary amides is 1. The summed E-state index contributed by atoms with van der Waals surface area (Å²) in [5, 5.41) is 3.44. The number of para-hydroxylation sites is 2. The Hall–Kier alpha value is -3.02. The molecule has 0 aliphatic carbocycles. The Bertz CT molecular complexity index is 807. The molecule has 6 heteroatoms. The number of hydrogen-bond acceptors (Lipinski definition) is 3. The van der Waals surface area contributed by atoms with Gasteiger partial charge < -0.3 is 20.7 Å². The summed E-state index contributed by atoms with van der Waals surface area (Å²) in [6.45, 7) is 2.33. The highest BCUT2D eigenvalue weighted by Gasteiger charge is 2.23. The smallest absolute Gasteiger partial charge is 0.217 e. The molecule has 1 atom stereocenters. The minimum absolute atomic E-state index is 0.234. The Labute approximate surface area is 166 Å². The Morgan fingerprint density at radius 3 is 2.71 bits per heavy atom. The zero-order valence-electron chi connectivity index (χ0n) is 16.3. The van der Waals surface area contributed by atoms with Gasteiger partial charge in [-0.05, 0) is 37.0 Å². The molecule has 1 fully saturated rings. The van der Waals surface area contributed by atoms with E-state index in [1.165, 1.54) is 0 Å². The quantitative estimate of drug-likeness (QED) is 0.596. The first-order valence-corrected chi connectivity index (χ1v) is 9.70. The van der Waals surface area contributed by atoms with Gasteiger partial charge in [0.05, 0.1) is 0 Å². The van der Waals surface area contributed by atoms with Gasteiger partial charge >= 0.3 is 0 Å². The fourth-order valence-electron chi connectivity index (χ4n) is 3.58. The van der Waals surface area contributed by atoms with Crippen LogP contribution in [0.2, 0.25) is 0 Å². The number of benzene rings is 2. The molecule has 0 radical (unpaired) electrons. The van der Waals surface area contributed by atoms with Crippen molar-refractivity contribution in [1.29, 1.82) is 0 Å². The molecule has 0 saturated carbocycles. The number of guanidine groups is 1. The van der Waals surface area contributed by atoms with Crippen molar-refractivity contribution >= 4 is 11.9 Å². The first-order chi connectivity index (χ1) is 13.7. The number of carbonyl (C=O) groups is 1. The van der Waals surface area contributed by atoms with Gasteiger partial charge in [0.1, 0.15) is 11.5 Å². The fraction of sp³-hybridized carbons (Fsp3) is 0.364. The number of nitrogens with two attached hydrogens (primary N) is 1. The minimum Gasteiger partial charge on any atom is -0.457 e. The molecule has 2 aromatic rings. The second kappa shape index (κ2) is 9.78. The molecule has 0 bridgehead atoms. The largest absolute Gasteiger partial charge is 0.457 e. The predicted molar refractivity (Wildman–Crippen MR) is 111 cm³/mol.